The molecule has 7 heteroatoms. The van der Waals surface area contributed by atoms with Gasteiger partial charge in [0.25, 0.3) is 13.4 Å². The minimum Gasteiger partial charge on any atom is -0.311 e. The SMILES string of the molecule is c1ccc(N2c3ccccc3B3c4cc5c6cc7c(cc6n(-c6ccccc6)c5cc4N(c4ccccc4)c4cccc2c43)N(c2ccccc2)c2cccc3c2B7c2ccccc2N3c2ccccc2)cc1. The van der Waals surface area contributed by atoms with Crippen LogP contribution in [0.15, 0.2) is 261 Å². The second-order valence-corrected chi connectivity index (χ2v) is 19.6. The van der Waals surface area contributed by atoms with E-state index in [0.29, 0.717) is 0 Å². The molecule has 0 fully saturated rings. The average molecular weight is 928 g/mol. The molecular weight excluding hydrogens is 884 g/mol. The van der Waals surface area contributed by atoms with Gasteiger partial charge in [-0.15, -0.1) is 0 Å². The summed E-state index contributed by atoms with van der Waals surface area (Å²) in [5.74, 6) is 0. The van der Waals surface area contributed by atoms with Gasteiger partial charge in [-0.2, -0.15) is 0 Å². The van der Waals surface area contributed by atoms with Gasteiger partial charge in [0.15, 0.2) is 0 Å². The number of hydrogen-bond acceptors (Lipinski definition) is 4. The monoisotopic (exact) mass is 927 g/mol. The molecular formula is C66H43B2N5. The van der Waals surface area contributed by atoms with E-state index in [2.05, 4.69) is 285 Å². The lowest BCUT2D eigenvalue weighted by Gasteiger charge is -2.44. The van der Waals surface area contributed by atoms with Crippen LogP contribution in [0.3, 0.4) is 0 Å². The highest BCUT2D eigenvalue weighted by atomic mass is 15.2. The molecule has 5 heterocycles. The summed E-state index contributed by atoms with van der Waals surface area (Å²) in [7, 11) is 0. The Bertz CT molecular complexity index is 3930. The van der Waals surface area contributed by atoms with Gasteiger partial charge in [-0.05, 0) is 142 Å². The second-order valence-electron chi connectivity index (χ2n) is 19.6. The summed E-state index contributed by atoms with van der Waals surface area (Å²) in [5.41, 5.74) is 25.4. The van der Waals surface area contributed by atoms with Crippen molar-refractivity contribution in [2.75, 3.05) is 19.6 Å². The molecule has 1 aromatic heterocycles. The largest absolute Gasteiger partial charge is 0.311 e. The number of hydrogen-bond donors (Lipinski definition) is 0. The predicted molar refractivity (Wildman–Crippen MR) is 309 cm³/mol. The van der Waals surface area contributed by atoms with Crippen molar-refractivity contribution in [3.63, 3.8) is 0 Å². The quantitative estimate of drug-likeness (QED) is 0.160. The van der Waals surface area contributed by atoms with E-state index in [0.717, 1.165) is 28.4 Å². The van der Waals surface area contributed by atoms with E-state index in [1.54, 1.807) is 0 Å². The maximum atomic E-state index is 2.57. The molecule has 0 saturated heterocycles. The van der Waals surface area contributed by atoms with Gasteiger partial charge >= 0.3 is 0 Å². The lowest BCUT2D eigenvalue weighted by molar-refractivity contribution is 1.17. The van der Waals surface area contributed by atoms with E-state index < -0.39 is 0 Å². The van der Waals surface area contributed by atoms with Crippen LogP contribution in [-0.4, -0.2) is 18.0 Å². The van der Waals surface area contributed by atoms with Crippen LogP contribution in [0, 0.1) is 0 Å². The van der Waals surface area contributed by atoms with Crippen LogP contribution < -0.4 is 52.4 Å². The molecule has 5 nitrogen and oxygen atoms in total. The molecule has 338 valence electrons. The lowest BCUT2D eigenvalue weighted by Crippen LogP contribution is -2.61. The van der Waals surface area contributed by atoms with Crippen LogP contribution >= 0.6 is 0 Å². The van der Waals surface area contributed by atoms with Gasteiger partial charge in [0.2, 0.25) is 0 Å². The standard InChI is InChI=1S/C66H43B2N5/c1-6-22-44(23-7-1)69-55-34-18-16-32-51(55)67-53-40-49-50-41-54-64(43-62(50)73(48-30-14-5-15-31-48)61(49)42-63(53)71(46-26-10-3-11-27-46)59-38-20-36-57(69)65(59)67)72(47-28-12-4-13-29-47)60-39-21-37-58-66(60)68(54)52-33-17-19-35-56(52)70(58)45-24-8-2-9-25-45/h1-43H. The number of aromatic nitrogens is 1. The molecule has 4 aliphatic rings. The van der Waals surface area contributed by atoms with Gasteiger partial charge in [0.1, 0.15) is 0 Å². The Kier molecular flexibility index (Phi) is 8.57. The van der Waals surface area contributed by atoms with Crippen LogP contribution in [0.1, 0.15) is 0 Å². The topological polar surface area (TPSA) is 17.9 Å². The first-order chi connectivity index (χ1) is 36.3. The summed E-state index contributed by atoms with van der Waals surface area (Å²) >= 11 is 0. The zero-order valence-corrected chi connectivity index (χ0v) is 39.7. The fraction of sp³-hybridized carbons (Fsp3) is 0. The predicted octanol–water partition coefficient (Wildman–Crippen LogP) is 12.9. The smallest absolute Gasteiger partial charge is 0.252 e. The number of anilines is 12. The highest BCUT2D eigenvalue weighted by molar-refractivity contribution is 7.01. The van der Waals surface area contributed by atoms with E-state index in [9.17, 15) is 0 Å². The number of rotatable bonds is 5. The van der Waals surface area contributed by atoms with E-state index in [-0.39, 0.29) is 13.4 Å². The fourth-order valence-corrected chi connectivity index (χ4v) is 13.0. The summed E-state index contributed by atoms with van der Waals surface area (Å²) < 4.78 is 2.52. The average Bonchev–Trinajstić information content (AvgIpc) is 3.77. The Morgan fingerprint density at radius 3 is 0.863 bits per heavy atom. The molecule has 0 radical (unpaired) electrons. The van der Waals surface area contributed by atoms with E-state index >= 15 is 0 Å². The van der Waals surface area contributed by atoms with Crippen molar-refractivity contribution in [3.05, 3.63) is 261 Å². The highest BCUT2D eigenvalue weighted by Crippen LogP contribution is 2.48. The normalized spacial score (nSPS) is 13.6. The summed E-state index contributed by atoms with van der Waals surface area (Å²) in [6.07, 6.45) is 0. The molecule has 16 rings (SSSR count). The molecule has 0 bridgehead atoms. The summed E-state index contributed by atoms with van der Waals surface area (Å²) in [5, 5.41) is 2.47. The molecule has 0 amide bonds. The molecule has 0 spiro atoms. The molecule has 0 saturated carbocycles. The number of nitrogens with zero attached hydrogens (tertiary/aromatic N) is 5. The van der Waals surface area contributed by atoms with Crippen molar-refractivity contribution in [1.29, 1.82) is 0 Å². The molecule has 73 heavy (non-hydrogen) atoms. The molecule has 4 aliphatic heterocycles. The Morgan fingerprint density at radius 1 is 0.219 bits per heavy atom. The minimum absolute atomic E-state index is 0.0216. The fourth-order valence-electron chi connectivity index (χ4n) is 13.0. The maximum Gasteiger partial charge on any atom is 0.252 e. The number of fused-ring (bicyclic) bond motifs is 11. The second kappa shape index (κ2) is 15.5. The zero-order chi connectivity index (χ0) is 47.7. The third-order valence-electron chi connectivity index (χ3n) is 15.9. The Balaban J connectivity index is 1.02. The molecule has 0 unspecified atom stereocenters. The van der Waals surface area contributed by atoms with Crippen molar-refractivity contribution >= 4 is 136 Å². The summed E-state index contributed by atoms with van der Waals surface area (Å²) in [6.45, 7) is -0.0432. The van der Waals surface area contributed by atoms with Crippen LogP contribution in [0.25, 0.3) is 27.5 Å². The molecule has 11 aromatic carbocycles. The van der Waals surface area contributed by atoms with Crippen LogP contribution in [0.4, 0.5) is 68.2 Å². The first-order valence-corrected chi connectivity index (χ1v) is 25.3. The summed E-state index contributed by atoms with van der Waals surface area (Å²) in [4.78, 5) is 9.98. The Labute approximate surface area is 424 Å². The molecule has 0 atom stereocenters. The van der Waals surface area contributed by atoms with Gasteiger partial charge in [0.05, 0.1) is 11.0 Å². The van der Waals surface area contributed by atoms with Crippen LogP contribution in [0.5, 0.6) is 0 Å². The molecule has 0 aliphatic carbocycles. The van der Waals surface area contributed by atoms with Crippen molar-refractivity contribution < 1.29 is 0 Å². The van der Waals surface area contributed by atoms with Gasteiger partial charge in [0, 0.05) is 84.7 Å². The van der Waals surface area contributed by atoms with E-state index in [1.807, 2.05) is 0 Å². The minimum atomic E-state index is -0.0216. The first-order valence-electron chi connectivity index (χ1n) is 25.3. The zero-order valence-electron chi connectivity index (χ0n) is 39.7. The van der Waals surface area contributed by atoms with Crippen LogP contribution in [-0.2, 0) is 0 Å². The summed E-state index contributed by atoms with van der Waals surface area (Å²) in [6, 6.07) is 96.7. The van der Waals surface area contributed by atoms with Crippen molar-refractivity contribution in [1.82, 2.24) is 4.57 Å². The lowest BCUT2D eigenvalue weighted by atomic mass is 9.33. The number of benzene rings is 11. The first kappa shape index (κ1) is 40.3. The van der Waals surface area contributed by atoms with Gasteiger partial charge < -0.3 is 24.2 Å². The van der Waals surface area contributed by atoms with Crippen molar-refractivity contribution in [2.24, 2.45) is 0 Å². The van der Waals surface area contributed by atoms with Crippen molar-refractivity contribution in [3.8, 4) is 5.69 Å². The third-order valence-corrected chi connectivity index (χ3v) is 15.9. The Hall–Kier alpha value is -9.45. The van der Waals surface area contributed by atoms with Gasteiger partial charge in [-0.3, -0.25) is 0 Å². The molecule has 0 N–H and O–H groups in total. The van der Waals surface area contributed by atoms with E-state index in [1.165, 1.54) is 100 Å². The van der Waals surface area contributed by atoms with E-state index in [4.69, 9.17) is 0 Å². The van der Waals surface area contributed by atoms with Crippen LogP contribution in [0.2, 0.25) is 0 Å². The number of para-hydroxylation sites is 7. The Morgan fingerprint density at radius 2 is 0.507 bits per heavy atom. The molecule has 12 aromatic rings. The third kappa shape index (κ3) is 5.70. The highest BCUT2D eigenvalue weighted by Gasteiger charge is 2.46. The van der Waals surface area contributed by atoms with Crippen molar-refractivity contribution in [2.45, 2.75) is 0 Å². The van der Waals surface area contributed by atoms with Gasteiger partial charge in [-0.25, -0.2) is 0 Å². The maximum absolute atomic E-state index is 2.57. The van der Waals surface area contributed by atoms with Gasteiger partial charge in [-0.1, -0.05) is 152 Å².